The first-order chi connectivity index (χ1) is 6.31. The molecule has 1 heterocycles. The Hall–Kier alpha value is -1.02. The predicted molar refractivity (Wildman–Crippen MR) is 53.1 cm³/mol. The van der Waals surface area contributed by atoms with Crippen molar-refractivity contribution in [3.05, 3.63) is 29.3 Å². The van der Waals surface area contributed by atoms with Crippen molar-refractivity contribution in [1.82, 2.24) is 5.32 Å². The standard InChI is InChI=1S/C11H15NO/c1-8-11-7-10(13-2)4-3-9(11)5-6-12-8/h3-4,7-8,12H,5-6H2,1-2H3/t8-/m0/s1. The molecular formula is C11H15NO. The van der Waals surface area contributed by atoms with Crippen LogP contribution in [-0.2, 0) is 6.42 Å². The number of hydrogen-bond donors (Lipinski definition) is 1. The monoisotopic (exact) mass is 177 g/mol. The van der Waals surface area contributed by atoms with Crippen LogP contribution in [-0.4, -0.2) is 13.7 Å². The Bertz CT molecular complexity index is 309. The maximum atomic E-state index is 5.20. The number of nitrogens with one attached hydrogen (secondary N) is 1. The van der Waals surface area contributed by atoms with Crippen LogP contribution in [0.4, 0.5) is 0 Å². The molecule has 2 heteroatoms. The SMILES string of the molecule is COc1ccc2c(c1)[C@H](C)NCC2. The van der Waals surface area contributed by atoms with Crippen molar-refractivity contribution in [3.8, 4) is 5.75 Å². The average molecular weight is 177 g/mol. The first-order valence-corrected chi connectivity index (χ1v) is 4.71. The van der Waals surface area contributed by atoms with Crippen LogP contribution in [0.15, 0.2) is 18.2 Å². The lowest BCUT2D eigenvalue weighted by atomic mass is 9.95. The van der Waals surface area contributed by atoms with E-state index in [0.29, 0.717) is 6.04 Å². The summed E-state index contributed by atoms with van der Waals surface area (Å²) in [5.41, 5.74) is 2.83. The van der Waals surface area contributed by atoms with Crippen molar-refractivity contribution < 1.29 is 4.74 Å². The lowest BCUT2D eigenvalue weighted by Crippen LogP contribution is -2.27. The van der Waals surface area contributed by atoms with Crippen molar-refractivity contribution in [2.24, 2.45) is 0 Å². The quantitative estimate of drug-likeness (QED) is 0.707. The van der Waals surface area contributed by atoms with Gasteiger partial charge in [-0.15, -0.1) is 0 Å². The van der Waals surface area contributed by atoms with E-state index in [9.17, 15) is 0 Å². The van der Waals surface area contributed by atoms with E-state index in [-0.39, 0.29) is 0 Å². The molecule has 0 amide bonds. The summed E-state index contributed by atoms with van der Waals surface area (Å²) in [6, 6.07) is 6.80. The molecule has 0 aromatic heterocycles. The molecule has 0 saturated heterocycles. The number of ether oxygens (including phenoxy) is 1. The Morgan fingerprint density at radius 3 is 3.08 bits per heavy atom. The van der Waals surface area contributed by atoms with Gasteiger partial charge in [-0.05, 0) is 43.1 Å². The van der Waals surface area contributed by atoms with Gasteiger partial charge < -0.3 is 10.1 Å². The van der Waals surface area contributed by atoms with E-state index in [1.165, 1.54) is 11.1 Å². The second-order valence-electron chi connectivity index (χ2n) is 3.49. The second kappa shape index (κ2) is 3.38. The van der Waals surface area contributed by atoms with E-state index in [4.69, 9.17) is 4.74 Å². The molecule has 1 atom stereocenters. The van der Waals surface area contributed by atoms with Crippen LogP contribution >= 0.6 is 0 Å². The van der Waals surface area contributed by atoms with Crippen molar-refractivity contribution in [3.63, 3.8) is 0 Å². The summed E-state index contributed by atoms with van der Waals surface area (Å²) in [6.07, 6.45) is 1.13. The van der Waals surface area contributed by atoms with Crippen molar-refractivity contribution in [2.75, 3.05) is 13.7 Å². The molecule has 0 saturated carbocycles. The van der Waals surface area contributed by atoms with Crippen molar-refractivity contribution in [2.45, 2.75) is 19.4 Å². The molecule has 1 aromatic rings. The Morgan fingerprint density at radius 1 is 1.46 bits per heavy atom. The number of rotatable bonds is 1. The van der Waals surface area contributed by atoms with Crippen LogP contribution in [0.2, 0.25) is 0 Å². The van der Waals surface area contributed by atoms with Crippen molar-refractivity contribution in [1.29, 1.82) is 0 Å². The van der Waals surface area contributed by atoms with Crippen LogP contribution in [0.3, 0.4) is 0 Å². The Kier molecular flexibility index (Phi) is 2.23. The summed E-state index contributed by atoms with van der Waals surface area (Å²) in [5, 5.41) is 3.43. The zero-order valence-electron chi connectivity index (χ0n) is 8.13. The Labute approximate surface area is 78.9 Å². The molecule has 0 bridgehead atoms. The summed E-state index contributed by atoms with van der Waals surface area (Å²) in [7, 11) is 1.71. The highest BCUT2D eigenvalue weighted by Gasteiger charge is 2.15. The van der Waals surface area contributed by atoms with E-state index in [2.05, 4.69) is 24.4 Å². The molecule has 70 valence electrons. The van der Waals surface area contributed by atoms with Gasteiger partial charge in [-0.25, -0.2) is 0 Å². The van der Waals surface area contributed by atoms with Gasteiger partial charge in [0.2, 0.25) is 0 Å². The van der Waals surface area contributed by atoms with Gasteiger partial charge >= 0.3 is 0 Å². The highest BCUT2D eigenvalue weighted by atomic mass is 16.5. The molecular weight excluding hydrogens is 162 g/mol. The normalized spacial score (nSPS) is 20.9. The van der Waals surface area contributed by atoms with Gasteiger partial charge in [-0.2, -0.15) is 0 Å². The minimum absolute atomic E-state index is 0.457. The third-order valence-corrected chi connectivity index (χ3v) is 2.66. The minimum atomic E-state index is 0.457. The molecule has 0 unspecified atom stereocenters. The fourth-order valence-corrected chi connectivity index (χ4v) is 1.86. The maximum absolute atomic E-state index is 5.20. The van der Waals surface area contributed by atoms with Gasteiger partial charge in [0.1, 0.15) is 5.75 Å². The van der Waals surface area contributed by atoms with Crippen LogP contribution in [0.25, 0.3) is 0 Å². The lowest BCUT2D eigenvalue weighted by Gasteiger charge is -2.24. The number of methoxy groups -OCH3 is 1. The third-order valence-electron chi connectivity index (χ3n) is 2.66. The van der Waals surface area contributed by atoms with Gasteiger partial charge in [0.25, 0.3) is 0 Å². The first kappa shape index (κ1) is 8.57. The fourth-order valence-electron chi connectivity index (χ4n) is 1.86. The zero-order chi connectivity index (χ0) is 9.26. The third kappa shape index (κ3) is 1.54. The predicted octanol–water partition coefficient (Wildman–Crippen LogP) is 1.90. The van der Waals surface area contributed by atoms with Gasteiger partial charge in [0, 0.05) is 6.04 Å². The molecule has 2 rings (SSSR count). The molecule has 1 N–H and O–H groups in total. The maximum Gasteiger partial charge on any atom is 0.119 e. The Balaban J connectivity index is 2.41. The summed E-state index contributed by atoms with van der Waals surface area (Å²) in [6.45, 7) is 3.28. The van der Waals surface area contributed by atoms with Gasteiger partial charge in [-0.3, -0.25) is 0 Å². The summed E-state index contributed by atoms with van der Waals surface area (Å²) in [4.78, 5) is 0. The van der Waals surface area contributed by atoms with Crippen LogP contribution < -0.4 is 10.1 Å². The highest BCUT2D eigenvalue weighted by molar-refractivity contribution is 5.38. The lowest BCUT2D eigenvalue weighted by molar-refractivity contribution is 0.412. The molecule has 13 heavy (non-hydrogen) atoms. The van der Waals surface area contributed by atoms with E-state index < -0.39 is 0 Å². The first-order valence-electron chi connectivity index (χ1n) is 4.71. The number of benzene rings is 1. The van der Waals surface area contributed by atoms with Gasteiger partial charge in [-0.1, -0.05) is 6.07 Å². The largest absolute Gasteiger partial charge is 0.497 e. The van der Waals surface area contributed by atoms with Crippen LogP contribution in [0, 0.1) is 0 Å². The fraction of sp³-hybridized carbons (Fsp3) is 0.455. The van der Waals surface area contributed by atoms with Crippen molar-refractivity contribution >= 4 is 0 Å². The molecule has 0 aliphatic carbocycles. The number of hydrogen-bond acceptors (Lipinski definition) is 2. The topological polar surface area (TPSA) is 21.3 Å². The summed E-state index contributed by atoms with van der Waals surface area (Å²) in [5.74, 6) is 0.953. The minimum Gasteiger partial charge on any atom is -0.497 e. The summed E-state index contributed by atoms with van der Waals surface area (Å²) < 4.78 is 5.20. The zero-order valence-corrected chi connectivity index (χ0v) is 8.13. The molecule has 0 radical (unpaired) electrons. The Morgan fingerprint density at radius 2 is 2.31 bits per heavy atom. The summed E-state index contributed by atoms with van der Waals surface area (Å²) >= 11 is 0. The van der Waals surface area contributed by atoms with E-state index in [1.807, 2.05) is 6.07 Å². The average Bonchev–Trinajstić information content (AvgIpc) is 2.18. The molecule has 1 aliphatic rings. The van der Waals surface area contributed by atoms with E-state index in [1.54, 1.807) is 7.11 Å². The number of fused-ring (bicyclic) bond motifs is 1. The van der Waals surface area contributed by atoms with Crippen LogP contribution in [0.5, 0.6) is 5.75 Å². The molecule has 2 nitrogen and oxygen atoms in total. The van der Waals surface area contributed by atoms with E-state index >= 15 is 0 Å². The smallest absolute Gasteiger partial charge is 0.119 e. The van der Waals surface area contributed by atoms with Gasteiger partial charge in [0.15, 0.2) is 0 Å². The second-order valence-corrected chi connectivity index (χ2v) is 3.49. The molecule has 0 spiro atoms. The van der Waals surface area contributed by atoms with Gasteiger partial charge in [0.05, 0.1) is 7.11 Å². The highest BCUT2D eigenvalue weighted by Crippen LogP contribution is 2.26. The molecule has 1 aromatic carbocycles. The molecule has 0 fully saturated rings. The van der Waals surface area contributed by atoms with E-state index in [0.717, 1.165) is 18.7 Å². The van der Waals surface area contributed by atoms with Crippen LogP contribution in [0.1, 0.15) is 24.1 Å². The molecule has 1 aliphatic heterocycles.